The minimum Gasteiger partial charge on any atom is -0.482 e. The molecule has 1 aromatic heterocycles. The molecule has 172 valence electrons. The predicted octanol–water partition coefficient (Wildman–Crippen LogP) is 2.43. The lowest BCUT2D eigenvalue weighted by Gasteiger charge is -2.34. The Kier molecular flexibility index (Phi) is 8.05. The van der Waals surface area contributed by atoms with Crippen LogP contribution in [0.15, 0.2) is 39.7 Å². The van der Waals surface area contributed by atoms with Crippen molar-refractivity contribution in [3.8, 4) is 5.75 Å². The van der Waals surface area contributed by atoms with Crippen LogP contribution < -0.4 is 10.2 Å². The number of esters is 1. The fourth-order valence-electron chi connectivity index (χ4n) is 3.76. The molecule has 8 nitrogen and oxygen atoms in total. The fraction of sp³-hybridized carbons (Fsp3) is 0.458. The van der Waals surface area contributed by atoms with Gasteiger partial charge in [0.05, 0.1) is 13.2 Å². The van der Waals surface area contributed by atoms with Crippen LogP contribution in [0.4, 0.5) is 0 Å². The van der Waals surface area contributed by atoms with Crippen molar-refractivity contribution in [1.29, 1.82) is 0 Å². The Morgan fingerprint density at radius 1 is 1.03 bits per heavy atom. The highest BCUT2D eigenvalue weighted by molar-refractivity contribution is 5.94. The van der Waals surface area contributed by atoms with Crippen LogP contribution in [0.2, 0.25) is 0 Å². The predicted molar refractivity (Wildman–Crippen MR) is 118 cm³/mol. The molecule has 0 bridgehead atoms. The number of rotatable bonds is 8. The summed E-state index contributed by atoms with van der Waals surface area (Å²) in [5, 5.41) is 0. The number of hydrogen-bond acceptors (Lipinski definition) is 7. The molecule has 1 aliphatic heterocycles. The zero-order valence-corrected chi connectivity index (χ0v) is 18.9. The van der Waals surface area contributed by atoms with Crippen LogP contribution in [-0.4, -0.2) is 54.5 Å². The van der Waals surface area contributed by atoms with Gasteiger partial charge in [0.1, 0.15) is 25.1 Å². The molecule has 32 heavy (non-hydrogen) atoms. The Labute approximate surface area is 187 Å². The second-order valence-electron chi connectivity index (χ2n) is 8.00. The number of carbonyl (C=O) groups is 2. The lowest BCUT2D eigenvalue weighted by atomic mass is 10.1. The van der Waals surface area contributed by atoms with Crippen LogP contribution in [0.5, 0.6) is 5.75 Å². The largest absolute Gasteiger partial charge is 0.482 e. The van der Waals surface area contributed by atoms with Crippen LogP contribution in [0, 0.1) is 13.8 Å². The number of carbonyl (C=O) groups excluding carboxylic acids is 2. The number of hydrogen-bond donors (Lipinski definition) is 0. The Hall–Kier alpha value is -3.13. The second kappa shape index (κ2) is 10.9. The zero-order chi connectivity index (χ0) is 23.1. The molecular weight excluding hydrogens is 412 g/mol. The summed E-state index contributed by atoms with van der Waals surface area (Å²) in [5.41, 5.74) is 3.07. The maximum atomic E-state index is 12.4. The van der Waals surface area contributed by atoms with E-state index in [-0.39, 0.29) is 30.1 Å². The van der Waals surface area contributed by atoms with Gasteiger partial charge in [0, 0.05) is 32.2 Å². The number of benzene rings is 1. The molecule has 2 aromatic rings. The van der Waals surface area contributed by atoms with Gasteiger partial charge in [-0.15, -0.1) is 0 Å². The van der Waals surface area contributed by atoms with Gasteiger partial charge in [0.15, 0.2) is 0 Å². The molecule has 0 radical (unpaired) electrons. The minimum absolute atomic E-state index is 0.183. The van der Waals surface area contributed by atoms with E-state index in [1.807, 2.05) is 26.0 Å². The summed E-state index contributed by atoms with van der Waals surface area (Å²) in [6, 6.07) is 7.60. The molecule has 1 amide bonds. The summed E-state index contributed by atoms with van der Waals surface area (Å²) >= 11 is 0. The third-order valence-corrected chi connectivity index (χ3v) is 5.23. The first-order valence-corrected chi connectivity index (χ1v) is 10.8. The van der Waals surface area contributed by atoms with E-state index in [2.05, 4.69) is 11.0 Å². The number of ether oxygens (including phenoxy) is 2. The Morgan fingerprint density at radius 2 is 1.72 bits per heavy atom. The third-order valence-electron chi connectivity index (χ3n) is 5.23. The molecule has 0 aliphatic carbocycles. The second-order valence-corrected chi connectivity index (χ2v) is 8.00. The van der Waals surface area contributed by atoms with E-state index >= 15 is 0 Å². The Balaban J connectivity index is 1.49. The SMILES string of the molecule is CCOC(=O)CC(=O)N1CCN(Cc2cc(=O)c(OCc3cc(C)cc(C)c3)co2)CC1. The third kappa shape index (κ3) is 6.68. The molecule has 1 saturated heterocycles. The molecule has 1 fully saturated rings. The van der Waals surface area contributed by atoms with E-state index in [0.29, 0.717) is 45.1 Å². The van der Waals surface area contributed by atoms with Gasteiger partial charge in [0.25, 0.3) is 0 Å². The smallest absolute Gasteiger partial charge is 0.315 e. The first-order chi connectivity index (χ1) is 15.3. The molecule has 0 unspecified atom stereocenters. The highest BCUT2D eigenvalue weighted by Crippen LogP contribution is 2.14. The zero-order valence-electron chi connectivity index (χ0n) is 18.9. The summed E-state index contributed by atoms with van der Waals surface area (Å²) in [4.78, 5) is 39.8. The van der Waals surface area contributed by atoms with Crippen molar-refractivity contribution < 1.29 is 23.5 Å². The van der Waals surface area contributed by atoms with Crippen LogP contribution in [0.3, 0.4) is 0 Å². The summed E-state index contributed by atoms with van der Waals surface area (Å²) in [7, 11) is 0. The van der Waals surface area contributed by atoms with E-state index in [0.717, 1.165) is 16.7 Å². The van der Waals surface area contributed by atoms with E-state index in [4.69, 9.17) is 13.9 Å². The highest BCUT2D eigenvalue weighted by Gasteiger charge is 2.23. The normalized spacial score (nSPS) is 14.3. The quantitative estimate of drug-likeness (QED) is 0.458. The molecule has 2 heterocycles. The number of amides is 1. The molecule has 1 aromatic carbocycles. The first-order valence-electron chi connectivity index (χ1n) is 10.8. The van der Waals surface area contributed by atoms with Gasteiger partial charge in [0.2, 0.25) is 17.1 Å². The molecule has 1 aliphatic rings. The molecule has 3 rings (SSSR count). The van der Waals surface area contributed by atoms with Gasteiger partial charge < -0.3 is 18.8 Å². The fourth-order valence-corrected chi connectivity index (χ4v) is 3.76. The topological polar surface area (TPSA) is 89.3 Å². The van der Waals surface area contributed by atoms with Crippen molar-refractivity contribution in [2.45, 2.75) is 40.3 Å². The highest BCUT2D eigenvalue weighted by atomic mass is 16.5. The van der Waals surface area contributed by atoms with Crippen molar-refractivity contribution in [3.63, 3.8) is 0 Å². The standard InChI is InChI=1S/C24H30N2O6/c1-4-30-24(29)13-23(28)26-7-5-25(6-8-26)14-20-12-21(27)22(16-31-20)32-15-19-10-17(2)9-18(3)11-19/h9-12,16H,4-8,13-15H2,1-3H3. The van der Waals surface area contributed by atoms with E-state index in [9.17, 15) is 14.4 Å². The maximum absolute atomic E-state index is 12.4. The van der Waals surface area contributed by atoms with Crippen molar-refractivity contribution >= 4 is 11.9 Å². The van der Waals surface area contributed by atoms with Crippen LogP contribution in [0.25, 0.3) is 0 Å². The lowest BCUT2D eigenvalue weighted by molar-refractivity contribution is -0.149. The average molecular weight is 443 g/mol. The number of nitrogens with zero attached hydrogens (tertiary/aromatic N) is 2. The monoisotopic (exact) mass is 442 g/mol. The molecule has 0 atom stereocenters. The van der Waals surface area contributed by atoms with E-state index in [1.165, 1.54) is 12.3 Å². The molecule has 0 spiro atoms. The maximum Gasteiger partial charge on any atom is 0.315 e. The summed E-state index contributed by atoms with van der Waals surface area (Å²) in [5.74, 6) is 0.00354. The first kappa shape index (κ1) is 23.5. The van der Waals surface area contributed by atoms with Crippen LogP contribution in [-0.2, 0) is 27.5 Å². The summed E-state index contributed by atoms with van der Waals surface area (Å²) in [6.45, 7) is 9.07. The van der Waals surface area contributed by atoms with Crippen molar-refractivity contribution in [2.75, 3.05) is 32.8 Å². The van der Waals surface area contributed by atoms with Gasteiger partial charge in [-0.2, -0.15) is 0 Å². The lowest BCUT2D eigenvalue weighted by Crippen LogP contribution is -2.48. The molecule has 0 N–H and O–H groups in total. The number of piperazine rings is 1. The average Bonchev–Trinajstić information content (AvgIpc) is 2.73. The Morgan fingerprint density at radius 3 is 2.34 bits per heavy atom. The summed E-state index contributed by atoms with van der Waals surface area (Å²) < 4.78 is 16.1. The van der Waals surface area contributed by atoms with Crippen LogP contribution in [0.1, 0.15) is 35.8 Å². The Bertz CT molecular complexity index is 988. The van der Waals surface area contributed by atoms with E-state index in [1.54, 1.807) is 11.8 Å². The molecular formula is C24H30N2O6. The van der Waals surface area contributed by atoms with Crippen molar-refractivity contribution in [2.24, 2.45) is 0 Å². The molecule has 8 heteroatoms. The van der Waals surface area contributed by atoms with Gasteiger partial charge in [-0.05, 0) is 26.3 Å². The van der Waals surface area contributed by atoms with Crippen LogP contribution >= 0.6 is 0 Å². The van der Waals surface area contributed by atoms with Crippen molar-refractivity contribution in [3.05, 3.63) is 63.2 Å². The number of aryl methyl sites for hydroxylation is 2. The van der Waals surface area contributed by atoms with Gasteiger partial charge >= 0.3 is 5.97 Å². The minimum atomic E-state index is -0.499. The summed E-state index contributed by atoms with van der Waals surface area (Å²) in [6.07, 6.45) is 1.13. The molecule has 0 saturated carbocycles. The van der Waals surface area contributed by atoms with Gasteiger partial charge in [-0.3, -0.25) is 19.3 Å². The van der Waals surface area contributed by atoms with Gasteiger partial charge in [-0.25, -0.2) is 0 Å². The van der Waals surface area contributed by atoms with Gasteiger partial charge in [-0.1, -0.05) is 29.3 Å². The van der Waals surface area contributed by atoms with Crippen molar-refractivity contribution in [1.82, 2.24) is 9.80 Å². The van der Waals surface area contributed by atoms with E-state index < -0.39 is 5.97 Å².